The Bertz CT molecular complexity index is 568. The third-order valence-electron chi connectivity index (χ3n) is 2.59. The van der Waals surface area contributed by atoms with E-state index in [1.165, 1.54) is 18.2 Å². The topological polar surface area (TPSA) is 57.5 Å². The summed E-state index contributed by atoms with van der Waals surface area (Å²) in [6.45, 7) is 0. The molecule has 0 fully saturated rings. The van der Waals surface area contributed by atoms with E-state index in [1.54, 1.807) is 6.08 Å². The molecule has 2 rings (SSSR count). The summed E-state index contributed by atoms with van der Waals surface area (Å²) in [5.74, 6) is -0.615. The highest BCUT2D eigenvalue weighted by Crippen LogP contribution is 2.18. The zero-order valence-corrected chi connectivity index (χ0v) is 9.71. The molecule has 1 aliphatic rings. The van der Waals surface area contributed by atoms with E-state index in [0.717, 1.165) is 5.56 Å². The number of aliphatic hydroxyl groups excluding tert-OH is 1. The number of carbonyl (C=O) groups is 1. The summed E-state index contributed by atoms with van der Waals surface area (Å²) in [4.78, 5) is 11.9. The van der Waals surface area contributed by atoms with E-state index in [2.05, 4.69) is 0 Å². The van der Waals surface area contributed by atoms with Crippen LogP contribution in [0.5, 0.6) is 0 Å². The van der Waals surface area contributed by atoms with Gasteiger partial charge in [0.1, 0.15) is 5.76 Å². The Morgan fingerprint density at radius 3 is 2.78 bits per heavy atom. The summed E-state index contributed by atoms with van der Waals surface area (Å²) in [5, 5.41) is 19.1. The van der Waals surface area contributed by atoms with Crippen molar-refractivity contribution in [2.45, 2.75) is 12.5 Å². The maximum Gasteiger partial charge on any atom is 0.189 e. The Kier molecular flexibility index (Phi) is 3.34. The van der Waals surface area contributed by atoms with E-state index < -0.39 is 6.08 Å². The lowest BCUT2D eigenvalue weighted by molar-refractivity contribution is -0.111. The summed E-state index contributed by atoms with van der Waals surface area (Å²) in [7, 11) is 0. The van der Waals surface area contributed by atoms with Crippen LogP contribution in [0.1, 0.15) is 13.4 Å². The number of ketones is 1. The second kappa shape index (κ2) is 5.47. The molecule has 1 unspecified atom stereocenters. The van der Waals surface area contributed by atoms with E-state index in [0.29, 0.717) is 0 Å². The van der Waals surface area contributed by atoms with Crippen molar-refractivity contribution < 1.29 is 16.4 Å². The first-order valence-electron chi connectivity index (χ1n) is 6.09. The molecule has 1 aliphatic carbocycles. The normalized spacial score (nSPS) is 24.4. The number of hydrogen-bond acceptors (Lipinski definition) is 3. The van der Waals surface area contributed by atoms with Crippen LogP contribution in [-0.2, 0) is 4.79 Å². The molecule has 92 valence electrons. The zero-order valence-electron chi connectivity index (χ0n) is 10.7. The van der Waals surface area contributed by atoms with Crippen molar-refractivity contribution in [2.24, 2.45) is 0 Å². The van der Waals surface area contributed by atoms with E-state index in [4.69, 9.17) is 1.37 Å². The fraction of sp³-hybridized carbons (Fsp3) is 0.133. The molecule has 0 bridgehead atoms. The number of rotatable bonds is 3. The van der Waals surface area contributed by atoms with Crippen LogP contribution >= 0.6 is 0 Å². The molecule has 3 heteroatoms. The van der Waals surface area contributed by atoms with Crippen LogP contribution in [0.2, 0.25) is 0 Å². The van der Waals surface area contributed by atoms with Crippen LogP contribution in [0.4, 0.5) is 0 Å². The number of carbonyl (C=O) groups excluding carboxylic acids is 1. The van der Waals surface area contributed by atoms with Gasteiger partial charge in [-0.15, -0.1) is 0 Å². The summed E-state index contributed by atoms with van der Waals surface area (Å²) in [5.41, 5.74) is 0.997. The van der Waals surface area contributed by atoms with Crippen LogP contribution < -0.4 is 0 Å². The van der Waals surface area contributed by atoms with Gasteiger partial charge in [0, 0.05) is 6.42 Å². The molecule has 0 aromatic heterocycles. The van der Waals surface area contributed by atoms with Gasteiger partial charge in [0.25, 0.3) is 0 Å². The molecular weight excluding hydrogens is 228 g/mol. The number of benzene rings is 1. The minimum atomic E-state index is -1.84. The smallest absolute Gasteiger partial charge is 0.189 e. The fourth-order valence-corrected chi connectivity index (χ4v) is 1.65. The quantitative estimate of drug-likeness (QED) is 0.801. The van der Waals surface area contributed by atoms with E-state index in [1.807, 2.05) is 30.3 Å². The molecule has 2 N–H and O–H groups in total. The molecule has 1 aromatic carbocycles. The molecule has 18 heavy (non-hydrogen) atoms. The monoisotopic (exact) mass is 243 g/mol. The van der Waals surface area contributed by atoms with Gasteiger partial charge in [0.05, 0.1) is 13.0 Å². The van der Waals surface area contributed by atoms with Gasteiger partial charge in [0.2, 0.25) is 0 Å². The lowest BCUT2D eigenvalue weighted by atomic mass is 9.99. The minimum Gasteiger partial charge on any atom is -0.511 e. The van der Waals surface area contributed by atoms with Gasteiger partial charge in [-0.25, -0.2) is 0 Å². The highest BCUT2D eigenvalue weighted by Gasteiger charge is 2.17. The number of allylic oxidation sites excluding steroid dienone is 3. The average Bonchev–Trinajstić information content (AvgIpc) is 2.36. The summed E-state index contributed by atoms with van der Waals surface area (Å²) < 4.78 is 7.37. The second-order valence-electron chi connectivity index (χ2n) is 3.97. The van der Waals surface area contributed by atoms with Gasteiger partial charge in [-0.2, -0.15) is 0 Å². The van der Waals surface area contributed by atoms with E-state index in [-0.39, 0.29) is 23.5 Å². The van der Waals surface area contributed by atoms with Crippen LogP contribution in [0.15, 0.2) is 59.9 Å². The van der Waals surface area contributed by atoms with Crippen LogP contribution in [0.25, 0.3) is 6.08 Å². The molecule has 0 spiro atoms. The molecule has 1 atom stereocenters. The SMILES string of the molecule is [2H]C1(O)C=CC(C(=O)/C=C/c2ccccc2)=C(O)C1. The first kappa shape index (κ1) is 11.0. The molecule has 3 nitrogen and oxygen atoms in total. The fourth-order valence-electron chi connectivity index (χ4n) is 1.65. The van der Waals surface area contributed by atoms with E-state index >= 15 is 0 Å². The molecule has 0 saturated heterocycles. The largest absolute Gasteiger partial charge is 0.511 e. The van der Waals surface area contributed by atoms with Crippen molar-refractivity contribution >= 4 is 11.9 Å². The van der Waals surface area contributed by atoms with Gasteiger partial charge >= 0.3 is 0 Å². The van der Waals surface area contributed by atoms with Crippen LogP contribution in [0, 0.1) is 0 Å². The average molecular weight is 243 g/mol. The molecule has 0 amide bonds. The molecule has 0 radical (unpaired) electrons. The van der Waals surface area contributed by atoms with Gasteiger partial charge < -0.3 is 10.2 Å². The third-order valence-corrected chi connectivity index (χ3v) is 2.59. The maximum atomic E-state index is 11.9. The Hall–Kier alpha value is -2.13. The lowest BCUT2D eigenvalue weighted by Gasteiger charge is -2.12. The van der Waals surface area contributed by atoms with Crippen LogP contribution in [-0.4, -0.2) is 22.1 Å². The van der Waals surface area contributed by atoms with Gasteiger partial charge in [0.15, 0.2) is 5.78 Å². The Balaban J connectivity index is 2.14. The van der Waals surface area contributed by atoms with Crippen molar-refractivity contribution in [3.63, 3.8) is 0 Å². The number of hydrogen-bond donors (Lipinski definition) is 2. The maximum absolute atomic E-state index is 11.9. The van der Waals surface area contributed by atoms with Crippen LogP contribution in [0.3, 0.4) is 0 Å². The lowest BCUT2D eigenvalue weighted by Crippen LogP contribution is -2.13. The predicted octanol–water partition coefficient (Wildman–Crippen LogP) is 2.40. The predicted molar refractivity (Wildman–Crippen MR) is 69.9 cm³/mol. The highest BCUT2D eigenvalue weighted by atomic mass is 16.3. The summed E-state index contributed by atoms with van der Waals surface area (Å²) >= 11 is 0. The standard InChI is InChI=1S/C15H14O3/c16-12-7-8-13(15(18)10-12)14(17)9-6-11-4-2-1-3-5-11/h1-9,12,16,18H,10H2/b9-6+/i12D. The molecule has 1 aromatic rings. The van der Waals surface area contributed by atoms with Crippen molar-refractivity contribution in [3.05, 3.63) is 65.5 Å². The van der Waals surface area contributed by atoms with Gasteiger partial charge in [-0.1, -0.05) is 42.5 Å². The highest BCUT2D eigenvalue weighted by molar-refractivity contribution is 6.08. The van der Waals surface area contributed by atoms with Gasteiger partial charge in [-0.3, -0.25) is 4.79 Å². The first-order chi connectivity index (χ1) is 8.98. The summed E-state index contributed by atoms with van der Waals surface area (Å²) in [6.07, 6.45) is 3.37. The van der Waals surface area contributed by atoms with Crippen molar-refractivity contribution in [1.29, 1.82) is 0 Å². The Labute approximate surface area is 107 Å². The first-order valence-corrected chi connectivity index (χ1v) is 5.59. The second-order valence-corrected chi connectivity index (χ2v) is 3.97. The van der Waals surface area contributed by atoms with E-state index in [9.17, 15) is 15.0 Å². The minimum absolute atomic E-state index is 0.115. The third kappa shape index (κ3) is 2.96. The molecule has 0 saturated carbocycles. The number of aliphatic hydroxyl groups is 2. The summed E-state index contributed by atoms with van der Waals surface area (Å²) in [6, 6.07) is 9.32. The Morgan fingerprint density at radius 1 is 1.39 bits per heavy atom. The molecule has 0 aliphatic heterocycles. The molecule has 0 heterocycles. The zero-order chi connectivity index (χ0) is 13.9. The Morgan fingerprint density at radius 2 is 2.11 bits per heavy atom. The van der Waals surface area contributed by atoms with Crippen molar-refractivity contribution in [1.82, 2.24) is 0 Å². The van der Waals surface area contributed by atoms with Crippen molar-refractivity contribution in [3.8, 4) is 0 Å². The molecular formula is C15H14O3. The van der Waals surface area contributed by atoms with Crippen molar-refractivity contribution in [2.75, 3.05) is 0 Å². The van der Waals surface area contributed by atoms with Gasteiger partial charge in [-0.05, 0) is 17.7 Å².